The van der Waals surface area contributed by atoms with Gasteiger partial charge in [-0.15, -0.1) is 0 Å². The van der Waals surface area contributed by atoms with Crippen LogP contribution in [0.25, 0.3) is 0 Å². The van der Waals surface area contributed by atoms with E-state index >= 15 is 0 Å². The number of hydrogen-bond donors (Lipinski definition) is 2. The van der Waals surface area contributed by atoms with E-state index in [1.54, 1.807) is 0 Å². The lowest BCUT2D eigenvalue weighted by molar-refractivity contribution is 0.307. The van der Waals surface area contributed by atoms with E-state index in [1.807, 2.05) is 60.7 Å². The van der Waals surface area contributed by atoms with E-state index in [-0.39, 0.29) is 0 Å². The van der Waals surface area contributed by atoms with Crippen molar-refractivity contribution in [3.63, 3.8) is 0 Å². The number of para-hydroxylation sites is 2. The minimum atomic E-state index is 0.558. The summed E-state index contributed by atoms with van der Waals surface area (Å²) in [5.41, 5.74) is 3.22. The second-order valence-electron chi connectivity index (χ2n) is 6.85. The van der Waals surface area contributed by atoms with Gasteiger partial charge in [-0.25, -0.2) is 0 Å². The molecule has 152 valence electrons. The molecule has 0 aromatic heterocycles. The Hall–Kier alpha value is -3.14. The van der Waals surface area contributed by atoms with Crippen LogP contribution >= 0.6 is 0 Å². The molecule has 0 aliphatic carbocycles. The molecule has 0 amide bonds. The normalized spacial score (nSPS) is 10.4. The van der Waals surface area contributed by atoms with Crippen LogP contribution in [0, 0.1) is 0 Å². The zero-order valence-corrected chi connectivity index (χ0v) is 17.1. The minimum absolute atomic E-state index is 0.558. The SMILES string of the molecule is CCCCOc1cccc(NCCNc2ccccc2OCc2ccccc2)c1. The highest BCUT2D eigenvalue weighted by Crippen LogP contribution is 2.24. The van der Waals surface area contributed by atoms with E-state index < -0.39 is 0 Å². The van der Waals surface area contributed by atoms with Crippen molar-refractivity contribution in [1.82, 2.24) is 0 Å². The van der Waals surface area contributed by atoms with Gasteiger partial charge in [-0.3, -0.25) is 0 Å². The highest BCUT2D eigenvalue weighted by Gasteiger charge is 2.03. The summed E-state index contributed by atoms with van der Waals surface area (Å²) in [6.45, 7) is 5.07. The Balaban J connectivity index is 1.45. The van der Waals surface area contributed by atoms with Crippen LogP contribution in [0.4, 0.5) is 11.4 Å². The molecule has 4 heteroatoms. The third-order valence-electron chi connectivity index (χ3n) is 4.49. The fourth-order valence-corrected chi connectivity index (χ4v) is 2.91. The number of rotatable bonds is 12. The van der Waals surface area contributed by atoms with E-state index in [1.165, 1.54) is 0 Å². The molecule has 3 aromatic carbocycles. The Bertz CT molecular complexity index is 852. The molecule has 3 rings (SSSR count). The van der Waals surface area contributed by atoms with Gasteiger partial charge in [0.1, 0.15) is 18.1 Å². The molecule has 0 radical (unpaired) electrons. The van der Waals surface area contributed by atoms with Crippen LogP contribution in [-0.2, 0) is 6.61 Å². The van der Waals surface area contributed by atoms with Crippen molar-refractivity contribution in [2.75, 3.05) is 30.3 Å². The molecule has 3 aromatic rings. The van der Waals surface area contributed by atoms with Crippen LogP contribution in [0.15, 0.2) is 78.9 Å². The van der Waals surface area contributed by atoms with Crippen LogP contribution in [0.5, 0.6) is 11.5 Å². The summed E-state index contributed by atoms with van der Waals surface area (Å²) in [6.07, 6.45) is 2.22. The molecule has 2 N–H and O–H groups in total. The van der Waals surface area contributed by atoms with E-state index in [0.29, 0.717) is 6.61 Å². The van der Waals surface area contributed by atoms with Gasteiger partial charge >= 0.3 is 0 Å². The number of hydrogen-bond acceptors (Lipinski definition) is 4. The molecule has 0 saturated heterocycles. The Morgan fingerprint density at radius 2 is 1.55 bits per heavy atom. The van der Waals surface area contributed by atoms with Gasteiger partial charge in [0, 0.05) is 24.8 Å². The molecule has 4 nitrogen and oxygen atoms in total. The lowest BCUT2D eigenvalue weighted by atomic mass is 10.2. The van der Waals surface area contributed by atoms with E-state index in [0.717, 1.165) is 61.0 Å². The standard InChI is InChI=1S/C25H30N2O2/c1-2-3-18-28-23-13-9-12-22(19-23)26-16-17-27-24-14-7-8-15-25(24)29-20-21-10-5-4-6-11-21/h4-15,19,26-27H,2-3,16-18,20H2,1H3. The maximum atomic E-state index is 6.00. The maximum absolute atomic E-state index is 6.00. The van der Waals surface area contributed by atoms with Crippen molar-refractivity contribution in [1.29, 1.82) is 0 Å². The molecular formula is C25H30N2O2. The van der Waals surface area contributed by atoms with Crippen molar-refractivity contribution in [2.45, 2.75) is 26.4 Å². The highest BCUT2D eigenvalue weighted by atomic mass is 16.5. The topological polar surface area (TPSA) is 42.5 Å². The Morgan fingerprint density at radius 3 is 2.41 bits per heavy atom. The van der Waals surface area contributed by atoms with Crippen LogP contribution < -0.4 is 20.1 Å². The summed E-state index contributed by atoms with van der Waals surface area (Å²) in [7, 11) is 0. The van der Waals surface area contributed by atoms with Gasteiger partial charge in [0.05, 0.1) is 12.3 Å². The molecule has 0 heterocycles. The predicted molar refractivity (Wildman–Crippen MR) is 121 cm³/mol. The first-order chi connectivity index (χ1) is 14.3. The number of ether oxygens (including phenoxy) is 2. The average molecular weight is 391 g/mol. The van der Waals surface area contributed by atoms with E-state index in [9.17, 15) is 0 Å². The van der Waals surface area contributed by atoms with Gasteiger partial charge in [-0.05, 0) is 36.2 Å². The van der Waals surface area contributed by atoms with Crippen molar-refractivity contribution in [3.05, 3.63) is 84.4 Å². The zero-order valence-electron chi connectivity index (χ0n) is 17.1. The first-order valence-corrected chi connectivity index (χ1v) is 10.3. The third kappa shape index (κ3) is 7.07. The number of anilines is 2. The van der Waals surface area contributed by atoms with E-state index in [4.69, 9.17) is 9.47 Å². The molecule has 0 bridgehead atoms. The summed E-state index contributed by atoms with van der Waals surface area (Å²) < 4.78 is 11.8. The lowest BCUT2D eigenvalue weighted by Gasteiger charge is -2.14. The number of benzene rings is 3. The number of unbranched alkanes of at least 4 members (excludes halogenated alkanes) is 1. The summed E-state index contributed by atoms with van der Waals surface area (Å²) in [6, 6.07) is 26.4. The quantitative estimate of drug-likeness (QED) is 0.374. The smallest absolute Gasteiger partial charge is 0.142 e. The monoisotopic (exact) mass is 390 g/mol. The summed E-state index contributed by atoms with van der Waals surface area (Å²) in [5, 5.41) is 6.90. The molecule has 0 aliphatic heterocycles. The first kappa shape index (κ1) is 20.6. The van der Waals surface area contributed by atoms with Crippen LogP contribution in [-0.4, -0.2) is 19.7 Å². The molecule has 29 heavy (non-hydrogen) atoms. The van der Waals surface area contributed by atoms with Gasteiger partial charge in [0.15, 0.2) is 0 Å². The fourth-order valence-electron chi connectivity index (χ4n) is 2.91. The minimum Gasteiger partial charge on any atom is -0.494 e. The summed E-state index contributed by atoms with van der Waals surface area (Å²) >= 11 is 0. The third-order valence-corrected chi connectivity index (χ3v) is 4.49. The molecule has 0 fully saturated rings. The molecular weight excluding hydrogens is 360 g/mol. The second kappa shape index (κ2) is 11.6. The Labute approximate surface area is 173 Å². The lowest BCUT2D eigenvalue weighted by Crippen LogP contribution is -2.14. The first-order valence-electron chi connectivity index (χ1n) is 10.3. The van der Waals surface area contributed by atoms with Gasteiger partial charge < -0.3 is 20.1 Å². The average Bonchev–Trinajstić information content (AvgIpc) is 2.77. The molecule has 0 unspecified atom stereocenters. The predicted octanol–water partition coefficient (Wildman–Crippen LogP) is 5.97. The van der Waals surface area contributed by atoms with Gasteiger partial charge in [-0.1, -0.05) is 61.9 Å². The van der Waals surface area contributed by atoms with Crippen molar-refractivity contribution in [2.24, 2.45) is 0 Å². The van der Waals surface area contributed by atoms with Crippen LogP contribution in [0.1, 0.15) is 25.3 Å². The highest BCUT2D eigenvalue weighted by molar-refractivity contribution is 5.56. The van der Waals surface area contributed by atoms with E-state index in [2.05, 4.69) is 35.8 Å². The van der Waals surface area contributed by atoms with Gasteiger partial charge in [0.25, 0.3) is 0 Å². The van der Waals surface area contributed by atoms with Gasteiger partial charge in [0.2, 0.25) is 0 Å². The molecule has 0 aliphatic rings. The molecule has 0 atom stereocenters. The van der Waals surface area contributed by atoms with Crippen molar-refractivity contribution < 1.29 is 9.47 Å². The summed E-state index contributed by atoms with van der Waals surface area (Å²) in [4.78, 5) is 0. The van der Waals surface area contributed by atoms with Crippen LogP contribution in [0.3, 0.4) is 0 Å². The van der Waals surface area contributed by atoms with Crippen LogP contribution in [0.2, 0.25) is 0 Å². The van der Waals surface area contributed by atoms with Crippen molar-refractivity contribution in [3.8, 4) is 11.5 Å². The largest absolute Gasteiger partial charge is 0.494 e. The fraction of sp³-hybridized carbons (Fsp3) is 0.280. The zero-order chi connectivity index (χ0) is 20.2. The second-order valence-corrected chi connectivity index (χ2v) is 6.85. The Kier molecular flexibility index (Phi) is 8.27. The molecule has 0 saturated carbocycles. The Morgan fingerprint density at radius 1 is 0.759 bits per heavy atom. The number of nitrogens with one attached hydrogen (secondary N) is 2. The summed E-state index contributed by atoms with van der Waals surface area (Å²) in [5.74, 6) is 1.78. The maximum Gasteiger partial charge on any atom is 0.142 e. The van der Waals surface area contributed by atoms with Crippen molar-refractivity contribution >= 4 is 11.4 Å². The molecule has 0 spiro atoms. The van der Waals surface area contributed by atoms with Gasteiger partial charge in [-0.2, -0.15) is 0 Å².